The summed E-state index contributed by atoms with van der Waals surface area (Å²) in [5.41, 5.74) is 1.95. The summed E-state index contributed by atoms with van der Waals surface area (Å²) in [7, 11) is -1.88. The van der Waals surface area contributed by atoms with E-state index in [0.29, 0.717) is 17.8 Å². The molecule has 2 rings (SSSR count). The fourth-order valence-corrected chi connectivity index (χ4v) is 3.66. The van der Waals surface area contributed by atoms with Crippen molar-refractivity contribution < 1.29 is 12.8 Å². The molecule has 1 aromatic heterocycles. The number of nitrogens with one attached hydrogen (secondary N) is 1. The van der Waals surface area contributed by atoms with Crippen molar-refractivity contribution in [3.63, 3.8) is 0 Å². The zero-order chi connectivity index (χ0) is 15.6. The van der Waals surface area contributed by atoms with Crippen molar-refractivity contribution in [3.8, 4) is 0 Å². The van der Waals surface area contributed by atoms with Gasteiger partial charge in [0, 0.05) is 13.6 Å². The van der Waals surface area contributed by atoms with Gasteiger partial charge in [0.2, 0.25) is 10.0 Å². The van der Waals surface area contributed by atoms with E-state index in [1.165, 1.54) is 12.1 Å². The van der Waals surface area contributed by atoms with Gasteiger partial charge in [-0.15, -0.1) is 0 Å². The predicted molar refractivity (Wildman–Crippen MR) is 78.0 cm³/mol. The van der Waals surface area contributed by atoms with Crippen LogP contribution in [0.1, 0.15) is 17.0 Å². The summed E-state index contributed by atoms with van der Waals surface area (Å²) in [5, 5.41) is 4.11. The van der Waals surface area contributed by atoms with Gasteiger partial charge in [0.25, 0.3) is 0 Å². The van der Waals surface area contributed by atoms with Crippen molar-refractivity contribution in [1.29, 1.82) is 0 Å². The van der Waals surface area contributed by atoms with Crippen molar-refractivity contribution in [2.75, 3.05) is 6.54 Å². The molecule has 0 aliphatic rings. The van der Waals surface area contributed by atoms with Crippen LogP contribution < -0.4 is 4.72 Å². The maximum absolute atomic E-state index is 12.8. The van der Waals surface area contributed by atoms with Crippen molar-refractivity contribution in [1.82, 2.24) is 14.5 Å². The van der Waals surface area contributed by atoms with Crippen LogP contribution in [-0.2, 0) is 23.5 Å². The highest BCUT2D eigenvalue weighted by Crippen LogP contribution is 2.18. The number of rotatable bonds is 5. The normalized spacial score (nSPS) is 11.8. The lowest BCUT2D eigenvalue weighted by Crippen LogP contribution is -2.27. The Balaban J connectivity index is 2.06. The van der Waals surface area contributed by atoms with Crippen LogP contribution in [0.25, 0.3) is 0 Å². The molecule has 0 aliphatic heterocycles. The lowest BCUT2D eigenvalue weighted by Gasteiger charge is -2.07. The van der Waals surface area contributed by atoms with E-state index in [-0.39, 0.29) is 17.3 Å². The fraction of sp³-hybridized carbons (Fsp3) is 0.357. The van der Waals surface area contributed by atoms with Gasteiger partial charge in [0.05, 0.1) is 11.4 Å². The molecule has 2 aromatic rings. The van der Waals surface area contributed by atoms with Gasteiger partial charge in [0.15, 0.2) is 0 Å². The summed E-state index contributed by atoms with van der Waals surface area (Å²) in [6.07, 6.45) is 0.498. The van der Waals surface area contributed by atoms with Gasteiger partial charge in [0.1, 0.15) is 10.7 Å². The molecular formula is C14H18FN3O2S. The molecule has 114 valence electrons. The molecule has 5 nitrogen and oxygen atoms in total. The Bertz CT molecular complexity index is 736. The van der Waals surface area contributed by atoms with E-state index in [2.05, 4.69) is 9.82 Å². The number of halogens is 1. The molecule has 0 bridgehead atoms. The zero-order valence-corrected chi connectivity index (χ0v) is 13.0. The molecule has 7 heteroatoms. The number of nitrogens with zero attached hydrogens (tertiary/aromatic N) is 2. The molecule has 0 atom stereocenters. The molecule has 1 N–H and O–H groups in total. The van der Waals surface area contributed by atoms with Gasteiger partial charge < -0.3 is 0 Å². The largest absolute Gasteiger partial charge is 0.271 e. The van der Waals surface area contributed by atoms with Crippen molar-refractivity contribution in [2.45, 2.75) is 25.2 Å². The van der Waals surface area contributed by atoms with Crippen LogP contribution in [-0.4, -0.2) is 24.7 Å². The maximum atomic E-state index is 12.8. The highest BCUT2D eigenvalue weighted by molar-refractivity contribution is 7.89. The van der Waals surface area contributed by atoms with Crippen LogP contribution in [0, 0.1) is 19.7 Å². The Morgan fingerprint density at radius 2 is 1.86 bits per heavy atom. The number of benzene rings is 1. The third kappa shape index (κ3) is 3.48. The predicted octanol–water partition coefficient (Wildman–Crippen LogP) is 1.70. The van der Waals surface area contributed by atoms with Gasteiger partial charge in [-0.25, -0.2) is 17.5 Å². The van der Waals surface area contributed by atoms with E-state index in [1.807, 2.05) is 0 Å². The number of aromatic nitrogens is 2. The average molecular weight is 311 g/mol. The lowest BCUT2D eigenvalue weighted by molar-refractivity contribution is 0.580. The minimum Gasteiger partial charge on any atom is -0.271 e. The van der Waals surface area contributed by atoms with Crippen molar-refractivity contribution >= 4 is 10.0 Å². The van der Waals surface area contributed by atoms with Gasteiger partial charge in [-0.1, -0.05) is 12.1 Å². The van der Waals surface area contributed by atoms with Crippen molar-refractivity contribution in [3.05, 3.63) is 47.0 Å². The molecule has 21 heavy (non-hydrogen) atoms. The molecule has 0 radical (unpaired) electrons. The summed E-state index contributed by atoms with van der Waals surface area (Å²) in [4.78, 5) is 0.226. The van der Waals surface area contributed by atoms with Crippen LogP contribution >= 0.6 is 0 Å². The topological polar surface area (TPSA) is 64.0 Å². The molecular weight excluding hydrogens is 293 g/mol. The standard InChI is InChI=1S/C14H18FN3O2S/c1-10-14(11(2)18(3)17-10)21(19,20)16-9-8-12-4-6-13(15)7-5-12/h4-7,16H,8-9H2,1-3H3. The highest BCUT2D eigenvalue weighted by Gasteiger charge is 2.23. The molecule has 1 aromatic carbocycles. The molecule has 0 aliphatic carbocycles. The number of aryl methyl sites for hydroxylation is 2. The minimum atomic E-state index is -3.59. The zero-order valence-electron chi connectivity index (χ0n) is 12.2. The lowest BCUT2D eigenvalue weighted by atomic mass is 10.1. The van der Waals surface area contributed by atoms with Crippen LogP contribution in [0.2, 0.25) is 0 Å². The Morgan fingerprint density at radius 1 is 1.24 bits per heavy atom. The first-order chi connectivity index (χ1) is 9.81. The second-order valence-electron chi connectivity index (χ2n) is 4.90. The van der Waals surface area contributed by atoms with Gasteiger partial charge in [-0.2, -0.15) is 5.10 Å². The third-order valence-corrected chi connectivity index (χ3v) is 5.04. The molecule has 1 heterocycles. The van der Waals surface area contributed by atoms with Crippen LogP contribution in [0.3, 0.4) is 0 Å². The molecule has 0 spiro atoms. The Hall–Kier alpha value is -1.73. The Morgan fingerprint density at radius 3 is 2.38 bits per heavy atom. The SMILES string of the molecule is Cc1nn(C)c(C)c1S(=O)(=O)NCCc1ccc(F)cc1. The second-order valence-corrected chi connectivity index (χ2v) is 6.60. The first-order valence-electron chi connectivity index (χ1n) is 6.55. The summed E-state index contributed by atoms with van der Waals surface area (Å²) < 4.78 is 41.5. The first kappa shape index (κ1) is 15.7. The van der Waals surface area contributed by atoms with Crippen LogP contribution in [0.5, 0.6) is 0 Å². The fourth-order valence-electron chi connectivity index (χ4n) is 2.20. The monoisotopic (exact) mass is 311 g/mol. The van der Waals surface area contributed by atoms with E-state index >= 15 is 0 Å². The number of hydrogen-bond acceptors (Lipinski definition) is 3. The summed E-state index contributed by atoms with van der Waals surface area (Å²) in [6.45, 7) is 3.64. The van der Waals surface area contributed by atoms with Gasteiger partial charge in [-0.05, 0) is 38.0 Å². The number of hydrogen-bond donors (Lipinski definition) is 1. The maximum Gasteiger partial charge on any atom is 0.244 e. The summed E-state index contributed by atoms with van der Waals surface area (Å²) in [5.74, 6) is -0.305. The smallest absolute Gasteiger partial charge is 0.244 e. The highest BCUT2D eigenvalue weighted by atomic mass is 32.2. The minimum absolute atomic E-state index is 0.226. The average Bonchev–Trinajstić information content (AvgIpc) is 2.66. The molecule has 0 fully saturated rings. The van der Waals surface area contributed by atoms with E-state index in [4.69, 9.17) is 0 Å². The number of sulfonamides is 1. The van der Waals surface area contributed by atoms with E-state index < -0.39 is 10.0 Å². The van der Waals surface area contributed by atoms with Gasteiger partial charge in [-0.3, -0.25) is 4.68 Å². The molecule has 0 unspecified atom stereocenters. The molecule has 0 saturated heterocycles. The molecule has 0 amide bonds. The van der Waals surface area contributed by atoms with Gasteiger partial charge >= 0.3 is 0 Å². The van der Waals surface area contributed by atoms with Crippen LogP contribution in [0.4, 0.5) is 4.39 Å². The third-order valence-electron chi connectivity index (χ3n) is 3.33. The quantitative estimate of drug-likeness (QED) is 0.914. The van der Waals surface area contributed by atoms with Crippen LogP contribution in [0.15, 0.2) is 29.2 Å². The van der Waals surface area contributed by atoms with E-state index in [0.717, 1.165) is 5.56 Å². The Kier molecular flexibility index (Phi) is 4.43. The molecule has 0 saturated carbocycles. The summed E-state index contributed by atoms with van der Waals surface area (Å²) in [6, 6.07) is 6.01. The first-order valence-corrected chi connectivity index (χ1v) is 8.04. The second kappa shape index (κ2) is 5.95. The summed E-state index contributed by atoms with van der Waals surface area (Å²) >= 11 is 0. The Labute approximate surface area is 123 Å². The van der Waals surface area contributed by atoms with E-state index in [9.17, 15) is 12.8 Å². The van der Waals surface area contributed by atoms with Crippen molar-refractivity contribution in [2.24, 2.45) is 7.05 Å². The van der Waals surface area contributed by atoms with E-state index in [1.54, 1.807) is 37.7 Å².